The van der Waals surface area contributed by atoms with Crippen LogP contribution in [-0.2, 0) is 16.1 Å². The van der Waals surface area contributed by atoms with Gasteiger partial charge >= 0.3 is 0 Å². The van der Waals surface area contributed by atoms with E-state index in [0.29, 0.717) is 13.1 Å². The van der Waals surface area contributed by atoms with Gasteiger partial charge in [0.05, 0.1) is 16.9 Å². The van der Waals surface area contributed by atoms with Crippen LogP contribution >= 0.6 is 0 Å². The number of amides is 2. The van der Waals surface area contributed by atoms with E-state index >= 15 is 0 Å². The van der Waals surface area contributed by atoms with E-state index in [0.717, 1.165) is 11.4 Å². The number of likely N-dealkylation sites (tertiary alicyclic amines) is 2. The number of nitrogens with zero attached hydrogens (tertiary/aromatic N) is 3. The lowest BCUT2D eigenvalue weighted by Crippen LogP contribution is -2.39. The second-order valence-corrected chi connectivity index (χ2v) is 6.65. The summed E-state index contributed by atoms with van der Waals surface area (Å²) >= 11 is 0. The van der Waals surface area contributed by atoms with E-state index in [1.54, 1.807) is 0 Å². The minimum absolute atomic E-state index is 0.151. The van der Waals surface area contributed by atoms with Crippen molar-refractivity contribution in [1.29, 1.82) is 5.26 Å². The minimum atomic E-state index is -0.740. The molecule has 2 atom stereocenters. The minimum Gasteiger partial charge on any atom is -0.297 e. The molecule has 2 aliphatic heterocycles. The first kappa shape index (κ1) is 14.7. The highest BCUT2D eigenvalue weighted by atomic mass is 16.2. The molecule has 0 aliphatic carbocycles. The number of carbonyl (C=O) groups excluding carboxylic acids is 2. The van der Waals surface area contributed by atoms with Gasteiger partial charge in [-0.3, -0.25) is 19.4 Å². The summed E-state index contributed by atoms with van der Waals surface area (Å²) in [6, 6.07) is 12.0. The van der Waals surface area contributed by atoms with Crippen molar-refractivity contribution in [2.45, 2.75) is 20.4 Å². The summed E-state index contributed by atoms with van der Waals surface area (Å²) in [5.41, 5.74) is -0.311. The van der Waals surface area contributed by atoms with Gasteiger partial charge in [0.2, 0.25) is 11.8 Å². The van der Waals surface area contributed by atoms with Gasteiger partial charge in [-0.25, -0.2) is 0 Å². The lowest BCUT2D eigenvalue weighted by Gasteiger charge is -2.26. The van der Waals surface area contributed by atoms with E-state index in [1.807, 2.05) is 50.2 Å². The molecule has 2 fully saturated rings. The quantitative estimate of drug-likeness (QED) is 0.625. The van der Waals surface area contributed by atoms with Crippen LogP contribution in [0.25, 0.3) is 0 Å². The number of imide groups is 1. The molecule has 0 bridgehead atoms. The van der Waals surface area contributed by atoms with Crippen molar-refractivity contribution < 1.29 is 9.59 Å². The predicted octanol–water partition coefficient (Wildman–Crippen LogP) is 1.41. The molecule has 2 saturated heterocycles. The highest BCUT2D eigenvalue weighted by molar-refractivity contribution is 6.10. The molecule has 5 nitrogen and oxygen atoms in total. The van der Waals surface area contributed by atoms with E-state index in [4.69, 9.17) is 5.26 Å². The van der Waals surface area contributed by atoms with Crippen LogP contribution in [0.2, 0.25) is 0 Å². The summed E-state index contributed by atoms with van der Waals surface area (Å²) in [7, 11) is 0. The van der Waals surface area contributed by atoms with Gasteiger partial charge in [0.1, 0.15) is 6.54 Å². The molecule has 0 saturated carbocycles. The lowest BCUT2D eigenvalue weighted by atomic mass is 9.70. The Hall–Kier alpha value is -2.19. The van der Waals surface area contributed by atoms with E-state index < -0.39 is 10.8 Å². The van der Waals surface area contributed by atoms with Crippen molar-refractivity contribution in [1.82, 2.24) is 9.80 Å². The third-order valence-corrected chi connectivity index (χ3v) is 5.21. The Bertz CT molecular complexity index is 636. The fourth-order valence-corrected chi connectivity index (χ4v) is 3.76. The van der Waals surface area contributed by atoms with Crippen molar-refractivity contribution in [3.05, 3.63) is 35.9 Å². The summed E-state index contributed by atoms with van der Waals surface area (Å²) < 4.78 is 0. The van der Waals surface area contributed by atoms with Crippen molar-refractivity contribution in [3.63, 3.8) is 0 Å². The molecule has 3 rings (SSSR count). The van der Waals surface area contributed by atoms with Crippen LogP contribution in [0.5, 0.6) is 0 Å². The summed E-state index contributed by atoms with van der Waals surface area (Å²) in [4.78, 5) is 28.6. The standard InChI is InChI=1S/C17H19N3O2/c1-16-11-19(10-13-6-4-3-5-7-13)12-17(16,2)15(22)20(9-8-18)14(16)21/h3-7H,9-12H2,1-2H3/t16-,17+. The first-order valence-electron chi connectivity index (χ1n) is 7.42. The van der Waals surface area contributed by atoms with Gasteiger partial charge in [0.15, 0.2) is 0 Å². The smallest absolute Gasteiger partial charge is 0.238 e. The Morgan fingerprint density at radius 1 is 1.09 bits per heavy atom. The molecule has 114 valence electrons. The fourth-order valence-electron chi connectivity index (χ4n) is 3.76. The first-order valence-corrected chi connectivity index (χ1v) is 7.42. The lowest BCUT2D eigenvalue weighted by molar-refractivity contribution is -0.141. The van der Waals surface area contributed by atoms with Gasteiger partial charge in [-0.1, -0.05) is 30.3 Å². The number of hydrogen-bond donors (Lipinski definition) is 0. The largest absolute Gasteiger partial charge is 0.297 e. The summed E-state index contributed by atoms with van der Waals surface area (Å²) in [5, 5.41) is 8.83. The zero-order chi connectivity index (χ0) is 16.0. The Balaban J connectivity index is 1.85. The van der Waals surface area contributed by atoms with Gasteiger partial charge in [0.25, 0.3) is 0 Å². The fraction of sp³-hybridized carbons (Fsp3) is 0.471. The Labute approximate surface area is 130 Å². The molecule has 2 heterocycles. The summed E-state index contributed by atoms with van der Waals surface area (Å²) in [6.07, 6.45) is 0. The number of nitriles is 1. The van der Waals surface area contributed by atoms with Crippen LogP contribution in [0.3, 0.4) is 0 Å². The molecule has 1 aromatic rings. The number of rotatable bonds is 3. The van der Waals surface area contributed by atoms with Gasteiger partial charge in [0, 0.05) is 19.6 Å². The molecule has 2 aliphatic rings. The normalized spacial score (nSPS) is 31.4. The molecule has 0 spiro atoms. The molecular formula is C17H19N3O2. The Morgan fingerprint density at radius 3 is 2.14 bits per heavy atom. The highest BCUT2D eigenvalue weighted by Crippen LogP contribution is 2.53. The van der Waals surface area contributed by atoms with Crippen LogP contribution in [0.1, 0.15) is 19.4 Å². The average Bonchev–Trinajstić information content (AvgIpc) is 2.83. The molecule has 0 N–H and O–H groups in total. The number of fused-ring (bicyclic) bond motifs is 1. The van der Waals surface area contributed by atoms with E-state index in [1.165, 1.54) is 5.56 Å². The zero-order valence-corrected chi connectivity index (χ0v) is 12.9. The highest BCUT2D eigenvalue weighted by Gasteiger charge is 2.68. The number of carbonyl (C=O) groups is 2. The van der Waals surface area contributed by atoms with E-state index in [9.17, 15) is 9.59 Å². The zero-order valence-electron chi connectivity index (χ0n) is 12.9. The number of benzene rings is 1. The monoisotopic (exact) mass is 297 g/mol. The van der Waals surface area contributed by atoms with Crippen molar-refractivity contribution in [2.75, 3.05) is 19.6 Å². The van der Waals surface area contributed by atoms with Crippen LogP contribution < -0.4 is 0 Å². The molecule has 5 heteroatoms. The topological polar surface area (TPSA) is 64.4 Å². The van der Waals surface area contributed by atoms with E-state index in [-0.39, 0.29) is 18.4 Å². The molecule has 0 unspecified atom stereocenters. The summed E-state index contributed by atoms with van der Waals surface area (Å²) in [6.45, 7) is 5.38. The molecule has 0 aromatic heterocycles. The third kappa shape index (κ3) is 1.87. The van der Waals surface area contributed by atoms with Crippen molar-refractivity contribution in [3.8, 4) is 6.07 Å². The van der Waals surface area contributed by atoms with Crippen LogP contribution in [0, 0.1) is 22.2 Å². The third-order valence-electron chi connectivity index (χ3n) is 5.21. The molecule has 22 heavy (non-hydrogen) atoms. The number of hydrogen-bond acceptors (Lipinski definition) is 4. The SMILES string of the molecule is C[C@@]12CN(Cc3ccccc3)C[C@]1(C)C(=O)N(CC#N)C2=O. The molecule has 0 radical (unpaired) electrons. The van der Waals surface area contributed by atoms with Gasteiger partial charge in [-0.2, -0.15) is 5.26 Å². The maximum Gasteiger partial charge on any atom is 0.238 e. The first-order chi connectivity index (χ1) is 10.4. The molecular weight excluding hydrogens is 278 g/mol. The average molecular weight is 297 g/mol. The second-order valence-electron chi connectivity index (χ2n) is 6.65. The van der Waals surface area contributed by atoms with Crippen LogP contribution in [-0.4, -0.2) is 41.2 Å². The molecule has 1 aromatic carbocycles. The summed E-state index contributed by atoms with van der Waals surface area (Å²) in [5.74, 6) is -0.422. The van der Waals surface area contributed by atoms with Gasteiger partial charge in [-0.15, -0.1) is 0 Å². The van der Waals surface area contributed by atoms with Gasteiger partial charge < -0.3 is 0 Å². The van der Waals surface area contributed by atoms with E-state index in [2.05, 4.69) is 4.90 Å². The van der Waals surface area contributed by atoms with Crippen LogP contribution in [0.15, 0.2) is 30.3 Å². The second kappa shape index (κ2) is 4.92. The van der Waals surface area contributed by atoms with Gasteiger partial charge in [-0.05, 0) is 19.4 Å². The van der Waals surface area contributed by atoms with Crippen molar-refractivity contribution >= 4 is 11.8 Å². The maximum atomic E-state index is 12.6. The maximum absolute atomic E-state index is 12.6. The van der Waals surface area contributed by atoms with Crippen LogP contribution in [0.4, 0.5) is 0 Å². The Kier molecular flexibility index (Phi) is 3.30. The Morgan fingerprint density at radius 2 is 1.64 bits per heavy atom. The van der Waals surface area contributed by atoms with Crippen molar-refractivity contribution in [2.24, 2.45) is 10.8 Å². The predicted molar refractivity (Wildman–Crippen MR) is 80.3 cm³/mol. The molecule has 2 amide bonds.